The van der Waals surface area contributed by atoms with Gasteiger partial charge < -0.3 is 10.2 Å². The summed E-state index contributed by atoms with van der Waals surface area (Å²) in [7, 11) is 4.57. The van der Waals surface area contributed by atoms with Crippen molar-refractivity contribution in [2.75, 3.05) is 20.6 Å². The molecule has 2 aliphatic rings. The monoisotopic (exact) mass is 238 g/mol. The average Bonchev–Trinajstić information content (AvgIpc) is 2.99. The molecule has 2 saturated carbocycles. The maximum Gasteiger partial charge on any atom is 0.0356 e. The number of nitrogens with one attached hydrogen (secondary N) is 1. The molecule has 17 heavy (non-hydrogen) atoms. The Labute approximate surface area is 107 Å². The van der Waals surface area contributed by atoms with E-state index >= 15 is 0 Å². The van der Waals surface area contributed by atoms with Gasteiger partial charge in [-0.1, -0.05) is 32.6 Å². The molecule has 2 aliphatic carbocycles. The first-order chi connectivity index (χ1) is 8.19. The molecule has 0 radical (unpaired) electrons. The molecule has 0 aromatic rings. The standard InChI is InChI=1S/C15H30N2/c1-4-16-14(10-9-13-7-8-13)15(17(2)3)11-5-6-12-15/h13-14,16H,4-12H2,1-3H3. The minimum Gasteiger partial charge on any atom is -0.312 e. The van der Waals surface area contributed by atoms with Crippen molar-refractivity contribution in [1.82, 2.24) is 10.2 Å². The van der Waals surface area contributed by atoms with Gasteiger partial charge in [0.05, 0.1) is 0 Å². The first kappa shape index (κ1) is 13.4. The van der Waals surface area contributed by atoms with Crippen LogP contribution in [0.25, 0.3) is 0 Å². The number of hydrogen-bond acceptors (Lipinski definition) is 2. The molecule has 0 aliphatic heterocycles. The Balaban J connectivity index is 1.99. The van der Waals surface area contributed by atoms with Crippen LogP contribution in [0.4, 0.5) is 0 Å². The highest BCUT2D eigenvalue weighted by Crippen LogP contribution is 2.40. The zero-order valence-corrected chi connectivity index (χ0v) is 12.0. The van der Waals surface area contributed by atoms with E-state index in [-0.39, 0.29) is 0 Å². The maximum absolute atomic E-state index is 3.79. The molecule has 0 aromatic carbocycles. The van der Waals surface area contributed by atoms with Gasteiger partial charge in [-0.3, -0.25) is 0 Å². The third kappa shape index (κ3) is 3.03. The van der Waals surface area contributed by atoms with Crippen molar-refractivity contribution in [3.8, 4) is 0 Å². The van der Waals surface area contributed by atoms with E-state index in [1.807, 2.05) is 0 Å². The van der Waals surface area contributed by atoms with Crippen molar-refractivity contribution < 1.29 is 0 Å². The molecule has 0 bridgehead atoms. The molecule has 0 amide bonds. The van der Waals surface area contributed by atoms with Gasteiger partial charge >= 0.3 is 0 Å². The van der Waals surface area contributed by atoms with E-state index in [9.17, 15) is 0 Å². The Morgan fingerprint density at radius 2 is 1.88 bits per heavy atom. The highest BCUT2D eigenvalue weighted by atomic mass is 15.2. The summed E-state index contributed by atoms with van der Waals surface area (Å²) in [6, 6.07) is 0.714. The van der Waals surface area contributed by atoms with E-state index in [4.69, 9.17) is 0 Å². The summed E-state index contributed by atoms with van der Waals surface area (Å²) in [6.07, 6.45) is 11.4. The van der Waals surface area contributed by atoms with E-state index in [1.165, 1.54) is 51.4 Å². The van der Waals surface area contributed by atoms with Crippen molar-refractivity contribution >= 4 is 0 Å². The van der Waals surface area contributed by atoms with Crippen LogP contribution in [0.15, 0.2) is 0 Å². The summed E-state index contributed by atoms with van der Waals surface area (Å²) < 4.78 is 0. The number of hydrogen-bond donors (Lipinski definition) is 1. The molecule has 2 fully saturated rings. The predicted octanol–water partition coefficient (Wildman–Crippen LogP) is 3.03. The van der Waals surface area contributed by atoms with Crippen LogP contribution in [-0.4, -0.2) is 37.1 Å². The number of rotatable bonds is 7. The number of likely N-dealkylation sites (N-methyl/N-ethyl adjacent to an activating group) is 2. The molecular formula is C15H30N2. The van der Waals surface area contributed by atoms with Crippen LogP contribution in [0.3, 0.4) is 0 Å². The van der Waals surface area contributed by atoms with Crippen molar-refractivity contribution in [3.05, 3.63) is 0 Å². The predicted molar refractivity (Wildman–Crippen MR) is 74.3 cm³/mol. The minimum atomic E-state index is 0.449. The molecule has 100 valence electrons. The number of nitrogens with zero attached hydrogens (tertiary/aromatic N) is 1. The van der Waals surface area contributed by atoms with E-state index in [0.29, 0.717) is 11.6 Å². The fourth-order valence-corrected chi connectivity index (χ4v) is 3.71. The van der Waals surface area contributed by atoms with Gasteiger partial charge in [-0.25, -0.2) is 0 Å². The lowest BCUT2D eigenvalue weighted by Crippen LogP contribution is -2.57. The SMILES string of the molecule is CCNC(CCC1CC1)C1(N(C)C)CCCC1. The Kier molecular flexibility index (Phi) is 4.48. The van der Waals surface area contributed by atoms with Crippen LogP contribution in [-0.2, 0) is 0 Å². The third-order valence-electron chi connectivity index (χ3n) is 5.02. The lowest BCUT2D eigenvalue weighted by Gasteiger charge is -2.44. The zero-order valence-electron chi connectivity index (χ0n) is 12.0. The van der Waals surface area contributed by atoms with Crippen LogP contribution >= 0.6 is 0 Å². The molecular weight excluding hydrogens is 208 g/mol. The summed E-state index contributed by atoms with van der Waals surface area (Å²) in [5, 5.41) is 3.79. The van der Waals surface area contributed by atoms with Gasteiger partial charge in [0.15, 0.2) is 0 Å². The van der Waals surface area contributed by atoms with Crippen LogP contribution < -0.4 is 5.32 Å². The smallest absolute Gasteiger partial charge is 0.0356 e. The first-order valence-corrected chi connectivity index (χ1v) is 7.60. The molecule has 1 unspecified atom stereocenters. The first-order valence-electron chi connectivity index (χ1n) is 7.60. The Morgan fingerprint density at radius 3 is 2.35 bits per heavy atom. The Morgan fingerprint density at radius 1 is 1.24 bits per heavy atom. The van der Waals surface area contributed by atoms with E-state index in [0.717, 1.165) is 12.5 Å². The fraction of sp³-hybridized carbons (Fsp3) is 1.00. The van der Waals surface area contributed by atoms with Crippen LogP contribution in [0.2, 0.25) is 0 Å². The second-order valence-corrected chi connectivity index (χ2v) is 6.34. The van der Waals surface area contributed by atoms with Gasteiger partial charge in [-0.2, -0.15) is 0 Å². The largest absolute Gasteiger partial charge is 0.312 e. The van der Waals surface area contributed by atoms with Crippen LogP contribution in [0, 0.1) is 5.92 Å². The third-order valence-corrected chi connectivity index (χ3v) is 5.02. The highest BCUT2D eigenvalue weighted by Gasteiger charge is 2.42. The van der Waals surface area contributed by atoms with Gasteiger partial charge in [0.1, 0.15) is 0 Å². The molecule has 2 nitrogen and oxygen atoms in total. The van der Waals surface area contributed by atoms with Gasteiger partial charge in [-0.15, -0.1) is 0 Å². The molecule has 1 N–H and O–H groups in total. The molecule has 0 saturated heterocycles. The van der Waals surface area contributed by atoms with Gasteiger partial charge in [0, 0.05) is 11.6 Å². The maximum atomic E-state index is 3.79. The Hall–Kier alpha value is -0.0800. The van der Waals surface area contributed by atoms with Crippen molar-refractivity contribution in [1.29, 1.82) is 0 Å². The normalized spacial score (nSPS) is 25.4. The second-order valence-electron chi connectivity index (χ2n) is 6.34. The molecule has 0 aromatic heterocycles. The molecule has 2 heteroatoms. The van der Waals surface area contributed by atoms with Gasteiger partial charge in [0.25, 0.3) is 0 Å². The zero-order chi connectivity index (χ0) is 12.3. The highest BCUT2D eigenvalue weighted by molar-refractivity contribution is 5.02. The van der Waals surface area contributed by atoms with Crippen molar-refractivity contribution in [2.24, 2.45) is 5.92 Å². The average molecular weight is 238 g/mol. The summed E-state index contributed by atoms with van der Waals surface area (Å²) >= 11 is 0. The van der Waals surface area contributed by atoms with Crippen LogP contribution in [0.5, 0.6) is 0 Å². The fourth-order valence-electron chi connectivity index (χ4n) is 3.71. The van der Waals surface area contributed by atoms with Gasteiger partial charge in [0.2, 0.25) is 0 Å². The van der Waals surface area contributed by atoms with Crippen molar-refractivity contribution in [3.63, 3.8) is 0 Å². The molecule has 1 atom stereocenters. The summed E-state index contributed by atoms with van der Waals surface area (Å²) in [5.74, 6) is 1.07. The van der Waals surface area contributed by atoms with E-state index in [2.05, 4.69) is 31.2 Å². The minimum absolute atomic E-state index is 0.449. The van der Waals surface area contributed by atoms with E-state index in [1.54, 1.807) is 0 Å². The van der Waals surface area contributed by atoms with Gasteiger partial charge in [-0.05, 0) is 52.2 Å². The topological polar surface area (TPSA) is 15.3 Å². The summed E-state index contributed by atoms with van der Waals surface area (Å²) in [6.45, 7) is 3.37. The summed E-state index contributed by atoms with van der Waals surface area (Å²) in [4.78, 5) is 2.51. The quantitative estimate of drug-likeness (QED) is 0.733. The molecule has 0 spiro atoms. The van der Waals surface area contributed by atoms with Crippen LogP contribution in [0.1, 0.15) is 58.3 Å². The Bertz CT molecular complexity index is 227. The van der Waals surface area contributed by atoms with Crippen molar-refractivity contribution in [2.45, 2.75) is 69.9 Å². The van der Waals surface area contributed by atoms with E-state index < -0.39 is 0 Å². The molecule has 2 rings (SSSR count). The summed E-state index contributed by atoms with van der Waals surface area (Å²) in [5.41, 5.74) is 0.449. The molecule has 0 heterocycles. The lowest BCUT2D eigenvalue weighted by atomic mass is 9.83. The lowest BCUT2D eigenvalue weighted by molar-refractivity contribution is 0.0988. The second kappa shape index (κ2) is 5.71.